The van der Waals surface area contributed by atoms with E-state index in [4.69, 9.17) is 18.9 Å². The van der Waals surface area contributed by atoms with Crippen molar-refractivity contribution < 1.29 is 18.9 Å². The van der Waals surface area contributed by atoms with E-state index in [1.54, 1.807) is 26.4 Å². The van der Waals surface area contributed by atoms with Crippen molar-refractivity contribution in [1.29, 1.82) is 5.26 Å². The normalized spacial score (nSPS) is 11.7. The fraction of sp³-hybridized carbons (Fsp3) is 0.227. The molecule has 1 aromatic heterocycles. The van der Waals surface area contributed by atoms with Crippen molar-refractivity contribution in [3.63, 3.8) is 0 Å². The highest BCUT2D eigenvalue weighted by Crippen LogP contribution is 2.36. The molecule has 8 nitrogen and oxygen atoms in total. The number of aromatic nitrogens is 2. The number of nitrogens with one attached hydrogen (secondary N) is 1. The molecular formula is C22H20N4O4S. The number of anilines is 1. The van der Waals surface area contributed by atoms with Gasteiger partial charge in [0.25, 0.3) is 0 Å². The first-order chi connectivity index (χ1) is 15.2. The number of thioether (sulfide) groups is 1. The Balaban J connectivity index is 1.69. The van der Waals surface area contributed by atoms with Crippen molar-refractivity contribution in [1.82, 2.24) is 9.97 Å². The van der Waals surface area contributed by atoms with Crippen LogP contribution in [0.25, 0.3) is 11.3 Å². The lowest BCUT2D eigenvalue weighted by Gasteiger charge is -2.14. The minimum absolute atomic E-state index is 0.225. The molecule has 4 rings (SSSR count). The van der Waals surface area contributed by atoms with Crippen LogP contribution in [0.15, 0.2) is 41.6 Å². The summed E-state index contributed by atoms with van der Waals surface area (Å²) >= 11 is 1.40. The van der Waals surface area contributed by atoms with E-state index in [0.717, 1.165) is 16.9 Å². The lowest BCUT2D eigenvalue weighted by molar-refractivity contribution is 0.174. The summed E-state index contributed by atoms with van der Waals surface area (Å²) in [6.07, 6.45) is 1.89. The Hall–Kier alpha value is -3.64. The third-order valence-electron chi connectivity index (χ3n) is 4.74. The van der Waals surface area contributed by atoms with Crippen molar-refractivity contribution in [2.75, 3.05) is 32.6 Å². The Morgan fingerprint density at radius 1 is 1.06 bits per heavy atom. The summed E-state index contributed by atoms with van der Waals surface area (Å²) in [6, 6.07) is 13.4. The molecule has 0 fully saturated rings. The van der Waals surface area contributed by atoms with Gasteiger partial charge in [-0.25, -0.2) is 9.97 Å². The maximum Gasteiger partial charge on any atom is 0.231 e. The van der Waals surface area contributed by atoms with E-state index < -0.39 is 0 Å². The summed E-state index contributed by atoms with van der Waals surface area (Å²) in [6.45, 7) is 0.685. The standard InChI is InChI=1S/C22H20N4O4S/c1-27-16-7-5-14(9-18(16)28-2)20-15(10-23)21(26-22(25-20)31-3)24-11-13-4-6-17-19(8-13)30-12-29-17/h4-9H,11-12H2,1-3H3,(H,24,25,26). The molecule has 0 unspecified atom stereocenters. The van der Waals surface area contributed by atoms with Gasteiger partial charge in [0.1, 0.15) is 17.5 Å². The second kappa shape index (κ2) is 9.02. The molecule has 0 radical (unpaired) electrons. The van der Waals surface area contributed by atoms with Crippen LogP contribution in [0.5, 0.6) is 23.0 Å². The van der Waals surface area contributed by atoms with E-state index in [0.29, 0.717) is 46.0 Å². The van der Waals surface area contributed by atoms with Gasteiger partial charge in [0.2, 0.25) is 6.79 Å². The Bertz CT molecular complexity index is 1160. The van der Waals surface area contributed by atoms with Gasteiger partial charge in [-0.1, -0.05) is 17.8 Å². The van der Waals surface area contributed by atoms with Crippen LogP contribution in [0.4, 0.5) is 5.82 Å². The predicted molar refractivity (Wildman–Crippen MR) is 117 cm³/mol. The number of fused-ring (bicyclic) bond motifs is 1. The summed E-state index contributed by atoms with van der Waals surface area (Å²) in [5.74, 6) is 3.06. The predicted octanol–water partition coefficient (Wildman–Crippen LogP) is 4.10. The van der Waals surface area contributed by atoms with Crippen molar-refractivity contribution in [2.24, 2.45) is 0 Å². The Morgan fingerprint density at radius 2 is 1.87 bits per heavy atom. The molecule has 0 saturated carbocycles. The van der Waals surface area contributed by atoms with E-state index in [2.05, 4.69) is 21.4 Å². The van der Waals surface area contributed by atoms with Gasteiger partial charge in [0.05, 0.1) is 19.9 Å². The van der Waals surface area contributed by atoms with Gasteiger partial charge in [0, 0.05) is 12.1 Å². The summed E-state index contributed by atoms with van der Waals surface area (Å²) in [7, 11) is 3.14. The smallest absolute Gasteiger partial charge is 0.231 e. The highest BCUT2D eigenvalue weighted by atomic mass is 32.2. The van der Waals surface area contributed by atoms with Gasteiger partial charge in [-0.2, -0.15) is 5.26 Å². The number of ether oxygens (including phenoxy) is 4. The van der Waals surface area contributed by atoms with E-state index in [1.807, 2.05) is 30.5 Å². The number of benzene rings is 2. The quantitative estimate of drug-likeness (QED) is 0.433. The van der Waals surface area contributed by atoms with Crippen LogP contribution in [-0.4, -0.2) is 37.2 Å². The van der Waals surface area contributed by atoms with E-state index in [-0.39, 0.29) is 6.79 Å². The molecule has 0 bridgehead atoms. The minimum Gasteiger partial charge on any atom is -0.493 e. The van der Waals surface area contributed by atoms with Crippen LogP contribution in [0.2, 0.25) is 0 Å². The van der Waals surface area contributed by atoms with Crippen LogP contribution in [-0.2, 0) is 6.54 Å². The van der Waals surface area contributed by atoms with Crippen LogP contribution in [0.3, 0.4) is 0 Å². The second-order valence-corrected chi connectivity index (χ2v) is 7.28. The highest BCUT2D eigenvalue weighted by molar-refractivity contribution is 7.98. The fourth-order valence-electron chi connectivity index (χ4n) is 3.19. The maximum atomic E-state index is 9.91. The Morgan fingerprint density at radius 3 is 2.61 bits per heavy atom. The zero-order valence-corrected chi connectivity index (χ0v) is 18.1. The molecule has 1 aliphatic rings. The fourth-order valence-corrected chi connectivity index (χ4v) is 3.56. The van der Waals surface area contributed by atoms with Crippen molar-refractivity contribution >= 4 is 17.6 Å². The van der Waals surface area contributed by atoms with Gasteiger partial charge < -0.3 is 24.3 Å². The summed E-state index contributed by atoms with van der Waals surface area (Å²) in [5, 5.41) is 13.7. The molecule has 0 saturated heterocycles. The molecule has 0 atom stereocenters. The monoisotopic (exact) mass is 436 g/mol. The minimum atomic E-state index is 0.225. The lowest BCUT2D eigenvalue weighted by atomic mass is 10.1. The Kier molecular flexibility index (Phi) is 6.00. The van der Waals surface area contributed by atoms with E-state index in [9.17, 15) is 5.26 Å². The molecule has 31 heavy (non-hydrogen) atoms. The van der Waals surface area contributed by atoms with Gasteiger partial charge in [-0.05, 0) is 42.2 Å². The molecule has 9 heteroatoms. The SMILES string of the molecule is COc1ccc(-c2nc(SC)nc(NCc3ccc4c(c3)OCO4)c2C#N)cc1OC. The van der Waals surface area contributed by atoms with Gasteiger partial charge in [-0.15, -0.1) is 0 Å². The molecular weight excluding hydrogens is 416 g/mol. The van der Waals surface area contributed by atoms with Crippen molar-refractivity contribution in [3.05, 3.63) is 47.5 Å². The number of nitriles is 1. The number of nitrogens with zero attached hydrogens (tertiary/aromatic N) is 3. The molecule has 1 N–H and O–H groups in total. The van der Waals surface area contributed by atoms with Crippen LogP contribution < -0.4 is 24.3 Å². The van der Waals surface area contributed by atoms with Crippen LogP contribution >= 0.6 is 11.8 Å². The molecule has 1 aliphatic heterocycles. The lowest BCUT2D eigenvalue weighted by Crippen LogP contribution is -2.07. The molecule has 158 valence electrons. The first-order valence-corrected chi connectivity index (χ1v) is 10.6. The third kappa shape index (κ3) is 4.15. The largest absolute Gasteiger partial charge is 0.493 e. The van der Waals surface area contributed by atoms with Crippen molar-refractivity contribution in [3.8, 4) is 40.3 Å². The molecule has 2 aromatic carbocycles. The van der Waals surface area contributed by atoms with Gasteiger partial charge in [-0.3, -0.25) is 0 Å². The maximum absolute atomic E-state index is 9.91. The summed E-state index contributed by atoms with van der Waals surface area (Å²) in [4.78, 5) is 9.10. The van der Waals surface area contributed by atoms with E-state index in [1.165, 1.54) is 11.8 Å². The number of hydrogen-bond donors (Lipinski definition) is 1. The molecule has 3 aromatic rings. The zero-order chi connectivity index (χ0) is 21.8. The summed E-state index contributed by atoms with van der Waals surface area (Å²) in [5.41, 5.74) is 2.59. The van der Waals surface area contributed by atoms with Crippen molar-refractivity contribution in [2.45, 2.75) is 11.7 Å². The highest BCUT2D eigenvalue weighted by Gasteiger charge is 2.18. The summed E-state index contributed by atoms with van der Waals surface area (Å²) < 4.78 is 21.5. The van der Waals surface area contributed by atoms with Crippen LogP contribution in [0.1, 0.15) is 11.1 Å². The van der Waals surface area contributed by atoms with Gasteiger partial charge >= 0.3 is 0 Å². The second-order valence-electron chi connectivity index (χ2n) is 6.51. The Labute approximate surface area is 184 Å². The van der Waals surface area contributed by atoms with E-state index >= 15 is 0 Å². The molecule has 0 amide bonds. The molecule has 2 heterocycles. The van der Waals surface area contributed by atoms with Crippen LogP contribution in [0, 0.1) is 11.3 Å². The number of hydrogen-bond acceptors (Lipinski definition) is 9. The van der Waals surface area contributed by atoms with Gasteiger partial charge in [0.15, 0.2) is 28.2 Å². The molecule has 0 spiro atoms. The third-order valence-corrected chi connectivity index (χ3v) is 5.28. The average molecular weight is 436 g/mol. The first kappa shape index (κ1) is 20.6. The zero-order valence-electron chi connectivity index (χ0n) is 17.3. The number of rotatable bonds is 7. The number of methoxy groups -OCH3 is 2. The molecule has 0 aliphatic carbocycles. The first-order valence-electron chi connectivity index (χ1n) is 9.37. The average Bonchev–Trinajstić information content (AvgIpc) is 3.29. The topological polar surface area (TPSA) is 98.5 Å².